The summed E-state index contributed by atoms with van der Waals surface area (Å²) in [4.78, 5) is 16.7. The Balaban J connectivity index is 1.22. The van der Waals surface area contributed by atoms with E-state index in [1.807, 2.05) is 255 Å². The van der Waals surface area contributed by atoms with Crippen molar-refractivity contribution in [3.8, 4) is 95.0 Å². The van der Waals surface area contributed by atoms with Gasteiger partial charge < -0.3 is 9.47 Å². The molecule has 10 aromatic carbocycles. The van der Waals surface area contributed by atoms with Gasteiger partial charge in [0.1, 0.15) is 23.0 Å². The number of carbonyl (C=O) groups excluding carboxylic acids is 1. The van der Waals surface area contributed by atoms with Crippen LogP contribution in [-0.4, -0.2) is 5.78 Å². The lowest BCUT2D eigenvalue weighted by Gasteiger charge is -2.19. The van der Waals surface area contributed by atoms with Crippen LogP contribution in [0.2, 0.25) is 0 Å². The summed E-state index contributed by atoms with van der Waals surface area (Å²) >= 11 is 0. The van der Waals surface area contributed by atoms with Crippen molar-refractivity contribution in [1.29, 1.82) is 0 Å². The molecule has 0 fully saturated rings. The van der Waals surface area contributed by atoms with Crippen molar-refractivity contribution in [3.05, 3.63) is 333 Å². The summed E-state index contributed by atoms with van der Waals surface area (Å²) in [6.45, 7) is 0. The predicted molar refractivity (Wildman–Crippen MR) is 323 cm³/mol. The lowest BCUT2D eigenvalue weighted by molar-refractivity contribution is -0.108. The second kappa shape index (κ2) is 23.9. The Kier molecular flexibility index (Phi) is 15.1. The van der Waals surface area contributed by atoms with E-state index in [-0.39, 0.29) is 5.78 Å². The minimum atomic E-state index is -0.262. The van der Waals surface area contributed by atoms with Gasteiger partial charge in [-0.3, -0.25) is 4.79 Å². The SMILES string of the molecule is C#Cc1ccc(Oc2ccccc2C2=C(c3cc(C#Cc4ccccc4)cc(C#Cc4ccccc4)c3)C(=O)C(c3cc(C#Cc4ccccc4)cc(C#Cc4ccccc4)c3)=C2c2ccccc2Oc2ccc(C#C)cc2)cc1. The smallest absolute Gasteiger partial charge is 0.195 e. The maximum Gasteiger partial charge on any atom is 0.195 e. The first kappa shape index (κ1) is 50.5. The Morgan fingerprint density at radius 2 is 0.537 bits per heavy atom. The van der Waals surface area contributed by atoms with Crippen molar-refractivity contribution in [2.24, 2.45) is 0 Å². The Morgan fingerprint density at radius 1 is 0.263 bits per heavy atom. The number of carbonyl (C=O) groups is 1. The fourth-order valence-corrected chi connectivity index (χ4v) is 9.20. The quantitative estimate of drug-likeness (QED) is 0.142. The summed E-state index contributed by atoms with van der Waals surface area (Å²) in [5, 5.41) is 0. The van der Waals surface area contributed by atoms with E-state index in [0.29, 0.717) is 101 Å². The molecule has 80 heavy (non-hydrogen) atoms. The van der Waals surface area contributed by atoms with Crippen molar-refractivity contribution in [3.63, 3.8) is 0 Å². The van der Waals surface area contributed by atoms with Gasteiger partial charge in [-0.05, 0) is 157 Å². The fraction of sp³-hybridized carbons (Fsp3) is 0. The minimum Gasteiger partial charge on any atom is -0.457 e. The Bertz CT molecular complexity index is 3970. The van der Waals surface area contributed by atoms with Crippen LogP contribution in [0.4, 0.5) is 0 Å². The number of ether oxygens (including phenoxy) is 2. The number of terminal acetylenes is 2. The molecule has 0 unspecified atom stereocenters. The number of hydrogen-bond acceptors (Lipinski definition) is 3. The lowest BCUT2D eigenvalue weighted by atomic mass is 9.87. The molecule has 370 valence electrons. The van der Waals surface area contributed by atoms with E-state index in [9.17, 15) is 0 Å². The van der Waals surface area contributed by atoms with Crippen LogP contribution in [0.25, 0.3) is 22.3 Å². The molecular formula is C77H44O3. The molecular weight excluding hydrogens is 973 g/mol. The van der Waals surface area contributed by atoms with Gasteiger partial charge >= 0.3 is 0 Å². The second-order valence-electron chi connectivity index (χ2n) is 18.4. The van der Waals surface area contributed by atoms with Gasteiger partial charge in [-0.25, -0.2) is 0 Å². The summed E-state index contributed by atoms with van der Waals surface area (Å²) in [6.07, 6.45) is 11.6. The molecule has 0 heterocycles. The van der Waals surface area contributed by atoms with Crippen molar-refractivity contribution in [2.45, 2.75) is 0 Å². The van der Waals surface area contributed by atoms with Crippen LogP contribution in [0, 0.1) is 72.1 Å². The molecule has 3 nitrogen and oxygen atoms in total. The number of Topliss-reactive ketones (excluding diaryl/α,β-unsaturated/α-hetero) is 1. The molecule has 10 aromatic rings. The molecule has 0 atom stereocenters. The monoisotopic (exact) mass is 1020 g/mol. The van der Waals surface area contributed by atoms with Crippen LogP contribution < -0.4 is 9.47 Å². The van der Waals surface area contributed by atoms with E-state index in [1.54, 1.807) is 0 Å². The van der Waals surface area contributed by atoms with Gasteiger partial charge in [0.2, 0.25) is 0 Å². The molecule has 0 bridgehead atoms. The zero-order valence-electron chi connectivity index (χ0n) is 43.1. The third-order valence-corrected chi connectivity index (χ3v) is 13.0. The van der Waals surface area contributed by atoms with Gasteiger partial charge in [-0.15, -0.1) is 12.8 Å². The summed E-state index contributed by atoms with van der Waals surface area (Å²) in [5.74, 6) is 34.3. The highest BCUT2D eigenvalue weighted by atomic mass is 16.5. The fourth-order valence-electron chi connectivity index (χ4n) is 9.20. The summed E-state index contributed by atoms with van der Waals surface area (Å²) in [5.41, 5.74) is 11.8. The zero-order chi connectivity index (χ0) is 54.5. The number of allylic oxidation sites excluding steroid dienone is 4. The summed E-state index contributed by atoms with van der Waals surface area (Å²) < 4.78 is 13.7. The Morgan fingerprint density at radius 3 is 0.838 bits per heavy atom. The zero-order valence-corrected chi connectivity index (χ0v) is 43.1. The van der Waals surface area contributed by atoms with Crippen LogP contribution in [0.15, 0.2) is 255 Å². The summed E-state index contributed by atoms with van der Waals surface area (Å²) in [6, 6.07) is 81.2. The number of hydrogen-bond donors (Lipinski definition) is 0. The van der Waals surface area contributed by atoms with Gasteiger partial charge in [0.25, 0.3) is 0 Å². The first-order valence-electron chi connectivity index (χ1n) is 25.8. The average Bonchev–Trinajstić information content (AvgIpc) is 3.89. The molecule has 1 aliphatic rings. The van der Waals surface area contributed by atoms with Gasteiger partial charge in [-0.1, -0.05) is 168 Å². The molecule has 0 saturated carbocycles. The molecule has 0 radical (unpaired) electrons. The molecule has 0 aliphatic heterocycles. The van der Waals surface area contributed by atoms with Crippen LogP contribution in [0.1, 0.15) is 77.9 Å². The largest absolute Gasteiger partial charge is 0.457 e. The van der Waals surface area contributed by atoms with Crippen LogP contribution in [-0.2, 0) is 4.79 Å². The highest BCUT2D eigenvalue weighted by Crippen LogP contribution is 2.54. The Labute approximate surface area is 467 Å². The van der Waals surface area contributed by atoms with Crippen molar-refractivity contribution in [1.82, 2.24) is 0 Å². The van der Waals surface area contributed by atoms with E-state index < -0.39 is 0 Å². The number of benzene rings is 10. The topological polar surface area (TPSA) is 35.5 Å². The maximum atomic E-state index is 16.7. The van der Waals surface area contributed by atoms with E-state index in [4.69, 9.17) is 22.3 Å². The normalized spacial score (nSPS) is 11.2. The molecule has 0 spiro atoms. The second-order valence-corrected chi connectivity index (χ2v) is 18.4. The molecule has 0 aromatic heterocycles. The van der Waals surface area contributed by atoms with E-state index in [2.05, 4.69) is 59.2 Å². The molecule has 0 saturated heterocycles. The first-order valence-corrected chi connectivity index (χ1v) is 25.8. The third-order valence-electron chi connectivity index (χ3n) is 13.0. The molecule has 0 N–H and O–H groups in total. The van der Waals surface area contributed by atoms with Gasteiger partial charge in [0.05, 0.1) is 0 Å². The van der Waals surface area contributed by atoms with Crippen molar-refractivity contribution < 1.29 is 14.3 Å². The Hall–Kier alpha value is -11.7. The van der Waals surface area contributed by atoms with Gasteiger partial charge in [0.15, 0.2) is 5.78 Å². The number of ketones is 1. The molecule has 0 amide bonds. The number of rotatable bonds is 8. The van der Waals surface area contributed by atoms with E-state index in [1.165, 1.54) is 0 Å². The van der Waals surface area contributed by atoms with Gasteiger partial charge in [0, 0.05) is 89.1 Å². The van der Waals surface area contributed by atoms with Crippen molar-refractivity contribution >= 4 is 28.1 Å². The van der Waals surface area contributed by atoms with Crippen molar-refractivity contribution in [2.75, 3.05) is 0 Å². The molecule has 11 rings (SSSR count). The first-order chi connectivity index (χ1) is 39.4. The highest BCUT2D eigenvalue weighted by Gasteiger charge is 2.38. The highest BCUT2D eigenvalue weighted by molar-refractivity contribution is 6.59. The predicted octanol–water partition coefficient (Wildman–Crippen LogP) is 15.9. The van der Waals surface area contributed by atoms with Crippen LogP contribution in [0.3, 0.4) is 0 Å². The standard InChI is InChI=1S/C77H44O3/c1-3-55-41-45-67(46-42-55)79-71-31-19-17-29-69(71)75-73(65-51-61(37-33-57-21-9-5-10-22-57)49-62(52-65)38-34-58-23-11-6-12-24-58)77(78)74(76(75)70-30-18-20-32-72(70)80-68-47-43-56(4-2)44-48-68)66-53-63(39-35-59-25-13-7-14-26-59)50-64(54-66)40-36-60-27-15-8-16-28-60/h1-2,5-32,41-54H. The molecule has 3 heteroatoms. The van der Waals surface area contributed by atoms with E-state index >= 15 is 4.79 Å². The third kappa shape index (κ3) is 11.9. The lowest BCUT2D eigenvalue weighted by Crippen LogP contribution is -2.04. The molecule has 1 aliphatic carbocycles. The summed E-state index contributed by atoms with van der Waals surface area (Å²) in [7, 11) is 0. The maximum absolute atomic E-state index is 16.7. The van der Waals surface area contributed by atoms with Crippen LogP contribution in [0.5, 0.6) is 23.0 Å². The minimum absolute atomic E-state index is 0.262. The van der Waals surface area contributed by atoms with Gasteiger partial charge in [-0.2, -0.15) is 0 Å². The van der Waals surface area contributed by atoms with E-state index in [0.717, 1.165) is 22.3 Å². The number of para-hydroxylation sites is 2. The average molecular weight is 1020 g/mol. The van der Waals surface area contributed by atoms with Crippen LogP contribution >= 0.6 is 0 Å².